The summed E-state index contributed by atoms with van der Waals surface area (Å²) in [5, 5.41) is 2.97. The maximum atomic E-state index is 11.9. The van der Waals surface area contributed by atoms with Crippen LogP contribution < -0.4 is 11.1 Å². The number of ether oxygens (including phenoxy) is 1. The van der Waals surface area contributed by atoms with Crippen LogP contribution in [-0.4, -0.2) is 31.2 Å². The Morgan fingerprint density at radius 1 is 1.50 bits per heavy atom. The average molecular weight is 228 g/mol. The van der Waals surface area contributed by atoms with E-state index in [1.165, 1.54) is 0 Å². The first-order valence-electron chi connectivity index (χ1n) is 6.28. The van der Waals surface area contributed by atoms with Crippen LogP contribution >= 0.6 is 0 Å². The summed E-state index contributed by atoms with van der Waals surface area (Å²) < 4.78 is 5.26. The average Bonchev–Trinajstić information content (AvgIpc) is 2.26. The summed E-state index contributed by atoms with van der Waals surface area (Å²) >= 11 is 0. The van der Waals surface area contributed by atoms with Gasteiger partial charge in [0, 0.05) is 18.7 Å². The molecule has 1 fully saturated rings. The van der Waals surface area contributed by atoms with Gasteiger partial charge in [-0.15, -0.1) is 0 Å². The van der Waals surface area contributed by atoms with Crippen LogP contribution in [0.2, 0.25) is 0 Å². The van der Waals surface area contributed by atoms with Crippen molar-refractivity contribution in [2.75, 3.05) is 13.2 Å². The van der Waals surface area contributed by atoms with Gasteiger partial charge in [-0.1, -0.05) is 12.8 Å². The van der Waals surface area contributed by atoms with Crippen LogP contribution in [0.3, 0.4) is 0 Å². The SMILES string of the molecule is CCOCC(C)NC(=O)C1CCCCC1N. The highest BCUT2D eigenvalue weighted by Crippen LogP contribution is 2.23. The molecule has 1 saturated carbocycles. The largest absolute Gasteiger partial charge is 0.380 e. The van der Waals surface area contributed by atoms with Crippen LogP contribution in [0.15, 0.2) is 0 Å². The molecule has 0 aromatic heterocycles. The van der Waals surface area contributed by atoms with Crippen LogP contribution in [0.5, 0.6) is 0 Å². The van der Waals surface area contributed by atoms with Crippen LogP contribution in [0.4, 0.5) is 0 Å². The Bertz CT molecular complexity index is 221. The monoisotopic (exact) mass is 228 g/mol. The quantitative estimate of drug-likeness (QED) is 0.739. The van der Waals surface area contributed by atoms with Crippen molar-refractivity contribution < 1.29 is 9.53 Å². The van der Waals surface area contributed by atoms with Crippen molar-refractivity contribution in [3.05, 3.63) is 0 Å². The predicted octanol–water partition coefficient (Wildman–Crippen LogP) is 1.05. The van der Waals surface area contributed by atoms with E-state index < -0.39 is 0 Å². The highest BCUT2D eigenvalue weighted by Gasteiger charge is 2.28. The number of hydrogen-bond donors (Lipinski definition) is 2. The second-order valence-electron chi connectivity index (χ2n) is 4.62. The summed E-state index contributed by atoms with van der Waals surface area (Å²) in [7, 11) is 0. The van der Waals surface area contributed by atoms with Gasteiger partial charge in [0.05, 0.1) is 12.5 Å². The third-order valence-corrected chi connectivity index (χ3v) is 3.12. The van der Waals surface area contributed by atoms with E-state index in [9.17, 15) is 4.79 Å². The molecule has 16 heavy (non-hydrogen) atoms. The Kier molecular flexibility index (Phi) is 5.77. The maximum absolute atomic E-state index is 11.9. The minimum absolute atomic E-state index is 0.00201. The molecule has 1 aliphatic carbocycles. The topological polar surface area (TPSA) is 64.3 Å². The van der Waals surface area contributed by atoms with Crippen molar-refractivity contribution in [3.8, 4) is 0 Å². The van der Waals surface area contributed by atoms with Crippen LogP contribution in [0.25, 0.3) is 0 Å². The molecule has 0 aromatic rings. The van der Waals surface area contributed by atoms with Crippen molar-refractivity contribution in [1.82, 2.24) is 5.32 Å². The third-order valence-electron chi connectivity index (χ3n) is 3.12. The molecular weight excluding hydrogens is 204 g/mol. The Balaban J connectivity index is 2.32. The molecule has 0 bridgehead atoms. The van der Waals surface area contributed by atoms with E-state index in [0.29, 0.717) is 13.2 Å². The fourth-order valence-corrected chi connectivity index (χ4v) is 2.17. The van der Waals surface area contributed by atoms with E-state index in [1.54, 1.807) is 0 Å². The molecule has 94 valence electrons. The lowest BCUT2D eigenvalue weighted by atomic mass is 9.84. The minimum atomic E-state index is -0.00201. The molecule has 4 heteroatoms. The van der Waals surface area contributed by atoms with Crippen molar-refractivity contribution in [2.45, 2.75) is 51.6 Å². The van der Waals surface area contributed by atoms with Crippen molar-refractivity contribution in [3.63, 3.8) is 0 Å². The summed E-state index contributed by atoms with van der Waals surface area (Å²) in [6.45, 7) is 5.17. The summed E-state index contributed by atoms with van der Waals surface area (Å²) in [5.74, 6) is 0.0947. The van der Waals surface area contributed by atoms with Gasteiger partial charge in [-0.25, -0.2) is 0 Å². The normalized spacial score (nSPS) is 27.4. The van der Waals surface area contributed by atoms with Crippen molar-refractivity contribution in [2.24, 2.45) is 11.7 Å². The molecule has 1 aliphatic rings. The number of carbonyl (C=O) groups excluding carboxylic acids is 1. The maximum Gasteiger partial charge on any atom is 0.224 e. The lowest BCUT2D eigenvalue weighted by Crippen LogP contribution is -2.47. The molecule has 4 nitrogen and oxygen atoms in total. The molecule has 0 radical (unpaired) electrons. The summed E-state index contributed by atoms with van der Waals surface area (Å²) in [5.41, 5.74) is 5.96. The number of nitrogens with one attached hydrogen (secondary N) is 1. The number of hydrogen-bond acceptors (Lipinski definition) is 3. The first kappa shape index (κ1) is 13.5. The zero-order chi connectivity index (χ0) is 12.0. The lowest BCUT2D eigenvalue weighted by Gasteiger charge is -2.28. The predicted molar refractivity (Wildman–Crippen MR) is 64.0 cm³/mol. The molecule has 3 unspecified atom stereocenters. The second kappa shape index (κ2) is 6.86. The summed E-state index contributed by atoms with van der Waals surface area (Å²) in [6, 6.07) is 0.106. The van der Waals surface area contributed by atoms with Crippen molar-refractivity contribution in [1.29, 1.82) is 0 Å². The Labute approximate surface area is 97.9 Å². The third kappa shape index (κ3) is 4.10. The molecule has 0 heterocycles. The van der Waals surface area contributed by atoms with E-state index in [1.807, 2.05) is 13.8 Å². The number of amides is 1. The molecule has 3 atom stereocenters. The number of rotatable bonds is 5. The summed E-state index contributed by atoms with van der Waals surface area (Å²) in [4.78, 5) is 11.9. The van der Waals surface area contributed by atoms with E-state index in [-0.39, 0.29) is 23.9 Å². The van der Waals surface area contributed by atoms with Gasteiger partial charge >= 0.3 is 0 Å². The van der Waals surface area contributed by atoms with Crippen LogP contribution in [-0.2, 0) is 9.53 Å². The second-order valence-corrected chi connectivity index (χ2v) is 4.62. The molecule has 0 spiro atoms. The van der Waals surface area contributed by atoms with E-state index in [0.717, 1.165) is 25.7 Å². The fourth-order valence-electron chi connectivity index (χ4n) is 2.17. The van der Waals surface area contributed by atoms with Crippen LogP contribution in [0, 0.1) is 5.92 Å². The lowest BCUT2D eigenvalue weighted by molar-refractivity contribution is -0.127. The van der Waals surface area contributed by atoms with Gasteiger partial charge in [-0.2, -0.15) is 0 Å². The minimum Gasteiger partial charge on any atom is -0.380 e. The standard InChI is InChI=1S/C12H24N2O2/c1-3-16-8-9(2)14-12(15)10-6-4-5-7-11(10)13/h9-11H,3-8,13H2,1-2H3,(H,14,15). The van der Waals surface area contributed by atoms with Gasteiger partial charge < -0.3 is 15.8 Å². The zero-order valence-corrected chi connectivity index (χ0v) is 10.4. The number of carbonyl (C=O) groups is 1. The Hall–Kier alpha value is -0.610. The molecule has 0 saturated heterocycles. The smallest absolute Gasteiger partial charge is 0.224 e. The van der Waals surface area contributed by atoms with E-state index in [4.69, 9.17) is 10.5 Å². The first-order valence-corrected chi connectivity index (χ1v) is 6.28. The molecule has 1 amide bonds. The molecule has 0 aliphatic heterocycles. The van der Waals surface area contributed by atoms with Gasteiger partial charge in [0.2, 0.25) is 5.91 Å². The molecular formula is C12H24N2O2. The molecule has 1 rings (SSSR count). The first-order chi connectivity index (χ1) is 7.65. The highest BCUT2D eigenvalue weighted by atomic mass is 16.5. The number of nitrogens with two attached hydrogens (primary N) is 1. The Morgan fingerprint density at radius 3 is 2.81 bits per heavy atom. The highest BCUT2D eigenvalue weighted by molar-refractivity contribution is 5.79. The summed E-state index contributed by atoms with van der Waals surface area (Å²) in [6.07, 6.45) is 4.16. The fraction of sp³-hybridized carbons (Fsp3) is 0.917. The van der Waals surface area contributed by atoms with Crippen molar-refractivity contribution >= 4 is 5.91 Å². The zero-order valence-electron chi connectivity index (χ0n) is 10.4. The van der Waals surface area contributed by atoms with Gasteiger partial charge in [0.25, 0.3) is 0 Å². The van der Waals surface area contributed by atoms with Gasteiger partial charge in [0.1, 0.15) is 0 Å². The van der Waals surface area contributed by atoms with Gasteiger partial charge in [-0.05, 0) is 26.7 Å². The van der Waals surface area contributed by atoms with Gasteiger partial charge in [-0.3, -0.25) is 4.79 Å². The van der Waals surface area contributed by atoms with E-state index in [2.05, 4.69) is 5.32 Å². The molecule has 0 aromatic carbocycles. The van der Waals surface area contributed by atoms with E-state index >= 15 is 0 Å². The van der Waals surface area contributed by atoms with Gasteiger partial charge in [0.15, 0.2) is 0 Å². The Morgan fingerprint density at radius 2 is 2.19 bits per heavy atom. The molecule has 3 N–H and O–H groups in total. The van der Waals surface area contributed by atoms with Crippen LogP contribution in [0.1, 0.15) is 39.5 Å².